The van der Waals surface area contributed by atoms with Crippen LogP contribution in [-0.4, -0.2) is 3.79 Å². The molecule has 0 aliphatic heterocycles. The zero-order valence-corrected chi connectivity index (χ0v) is 12.7. The molecular formula is C16H15Cl3. The van der Waals surface area contributed by atoms with Crippen LogP contribution in [0.1, 0.15) is 29.9 Å². The van der Waals surface area contributed by atoms with Crippen LogP contribution in [0.2, 0.25) is 0 Å². The van der Waals surface area contributed by atoms with Crippen molar-refractivity contribution in [1.29, 1.82) is 0 Å². The molecule has 0 atom stereocenters. The number of halogens is 3. The first kappa shape index (κ1) is 14.7. The minimum atomic E-state index is -1.19. The van der Waals surface area contributed by atoms with E-state index in [9.17, 15) is 0 Å². The highest BCUT2D eigenvalue weighted by atomic mass is 35.6. The quantitative estimate of drug-likeness (QED) is 0.610. The molecule has 0 saturated carbocycles. The number of hydrogen-bond acceptors (Lipinski definition) is 0. The highest BCUT2D eigenvalue weighted by Gasteiger charge is 2.23. The van der Waals surface area contributed by atoms with Crippen molar-refractivity contribution in [2.75, 3.05) is 0 Å². The summed E-state index contributed by atoms with van der Waals surface area (Å²) >= 11 is 17.6. The third-order valence-corrected chi connectivity index (χ3v) is 3.69. The molecule has 0 heterocycles. The van der Waals surface area contributed by atoms with Crippen LogP contribution in [0.15, 0.2) is 60.7 Å². The van der Waals surface area contributed by atoms with Gasteiger partial charge in [0.2, 0.25) is 0 Å². The maximum Gasteiger partial charge on any atom is 0.190 e. The Morgan fingerprint density at radius 2 is 1.16 bits per heavy atom. The Kier molecular flexibility index (Phi) is 5.15. The molecule has 2 rings (SSSR count). The van der Waals surface area contributed by atoms with Crippen LogP contribution in [0.5, 0.6) is 0 Å². The molecule has 100 valence electrons. The Morgan fingerprint density at radius 1 is 0.737 bits per heavy atom. The second kappa shape index (κ2) is 6.65. The van der Waals surface area contributed by atoms with E-state index in [1.54, 1.807) is 0 Å². The van der Waals surface area contributed by atoms with Crippen molar-refractivity contribution >= 4 is 34.8 Å². The lowest BCUT2D eigenvalue weighted by atomic mass is 9.88. The molecule has 0 saturated heterocycles. The fourth-order valence-electron chi connectivity index (χ4n) is 2.20. The summed E-state index contributed by atoms with van der Waals surface area (Å²) in [5.41, 5.74) is 2.51. The Hall–Kier alpha value is -0.690. The number of rotatable bonds is 4. The molecule has 0 aliphatic rings. The molecular weight excluding hydrogens is 299 g/mol. The van der Waals surface area contributed by atoms with Gasteiger partial charge in [-0.05, 0) is 24.0 Å². The molecule has 0 N–H and O–H groups in total. The first-order valence-electron chi connectivity index (χ1n) is 6.23. The first-order chi connectivity index (χ1) is 9.06. The summed E-state index contributed by atoms with van der Waals surface area (Å²) in [5.74, 6) is 0.262. The van der Waals surface area contributed by atoms with Crippen molar-refractivity contribution < 1.29 is 0 Å². The zero-order chi connectivity index (χ0) is 13.7. The third kappa shape index (κ3) is 4.72. The van der Waals surface area contributed by atoms with Crippen LogP contribution in [0, 0.1) is 0 Å². The summed E-state index contributed by atoms with van der Waals surface area (Å²) in [6.45, 7) is 0. The lowest BCUT2D eigenvalue weighted by molar-refractivity contribution is 0.672. The van der Waals surface area contributed by atoms with Gasteiger partial charge < -0.3 is 0 Å². The van der Waals surface area contributed by atoms with E-state index >= 15 is 0 Å². The maximum atomic E-state index is 5.88. The smallest absolute Gasteiger partial charge is 0.0837 e. The van der Waals surface area contributed by atoms with Gasteiger partial charge in [-0.3, -0.25) is 0 Å². The van der Waals surface area contributed by atoms with E-state index in [1.807, 2.05) is 36.4 Å². The summed E-state index contributed by atoms with van der Waals surface area (Å²) in [6, 6.07) is 20.7. The van der Waals surface area contributed by atoms with Gasteiger partial charge in [0.25, 0.3) is 0 Å². The predicted octanol–water partition coefficient (Wildman–Crippen LogP) is 5.97. The fraction of sp³-hybridized carbons (Fsp3) is 0.250. The molecule has 0 amide bonds. The average Bonchev–Trinajstić information content (AvgIpc) is 2.40. The highest BCUT2D eigenvalue weighted by Crippen LogP contribution is 2.37. The Bertz CT molecular complexity index is 449. The van der Waals surface area contributed by atoms with Crippen LogP contribution >= 0.6 is 34.8 Å². The van der Waals surface area contributed by atoms with Crippen molar-refractivity contribution in [3.8, 4) is 0 Å². The summed E-state index contributed by atoms with van der Waals surface area (Å²) in [6.07, 6.45) is 1.34. The molecule has 0 radical (unpaired) electrons. The highest BCUT2D eigenvalue weighted by molar-refractivity contribution is 6.67. The van der Waals surface area contributed by atoms with E-state index < -0.39 is 3.79 Å². The molecule has 0 nitrogen and oxygen atoms in total. The lowest BCUT2D eigenvalue weighted by Crippen LogP contribution is -2.08. The van der Waals surface area contributed by atoms with E-state index in [0.29, 0.717) is 6.42 Å². The number of alkyl halides is 3. The number of hydrogen-bond donors (Lipinski definition) is 0. The van der Waals surface area contributed by atoms with Gasteiger partial charge in [0.15, 0.2) is 3.79 Å². The van der Waals surface area contributed by atoms with Gasteiger partial charge in [-0.1, -0.05) is 95.5 Å². The van der Waals surface area contributed by atoms with E-state index in [0.717, 1.165) is 6.42 Å². The second-order valence-corrected chi connectivity index (χ2v) is 7.04. The van der Waals surface area contributed by atoms with Crippen LogP contribution in [0.3, 0.4) is 0 Å². The summed E-state index contributed by atoms with van der Waals surface area (Å²) in [4.78, 5) is 0. The van der Waals surface area contributed by atoms with Crippen molar-refractivity contribution in [1.82, 2.24) is 0 Å². The van der Waals surface area contributed by atoms with Gasteiger partial charge in [0.1, 0.15) is 0 Å². The van der Waals surface area contributed by atoms with Crippen LogP contribution in [-0.2, 0) is 0 Å². The normalized spacial score (nSPS) is 11.8. The SMILES string of the molecule is ClC(Cl)(Cl)CCC(c1ccccc1)c1ccccc1. The molecule has 0 aromatic heterocycles. The van der Waals surface area contributed by atoms with Gasteiger partial charge in [-0.2, -0.15) is 0 Å². The van der Waals surface area contributed by atoms with Crippen LogP contribution < -0.4 is 0 Å². The maximum absolute atomic E-state index is 5.88. The summed E-state index contributed by atoms with van der Waals surface area (Å²) in [5, 5.41) is 0. The van der Waals surface area contributed by atoms with E-state index in [2.05, 4.69) is 24.3 Å². The summed E-state index contributed by atoms with van der Waals surface area (Å²) < 4.78 is -1.19. The molecule has 0 bridgehead atoms. The summed E-state index contributed by atoms with van der Waals surface area (Å²) in [7, 11) is 0. The number of benzene rings is 2. The molecule has 0 spiro atoms. The molecule has 0 fully saturated rings. The van der Waals surface area contributed by atoms with Crippen molar-refractivity contribution in [3.05, 3.63) is 71.8 Å². The Labute approximate surface area is 129 Å². The molecule has 0 unspecified atom stereocenters. The topological polar surface area (TPSA) is 0 Å². The van der Waals surface area contributed by atoms with Crippen molar-refractivity contribution in [2.45, 2.75) is 22.6 Å². The van der Waals surface area contributed by atoms with E-state index in [-0.39, 0.29) is 5.92 Å². The van der Waals surface area contributed by atoms with Gasteiger partial charge in [0, 0.05) is 5.92 Å². The Morgan fingerprint density at radius 3 is 1.53 bits per heavy atom. The lowest BCUT2D eigenvalue weighted by Gasteiger charge is -2.20. The monoisotopic (exact) mass is 312 g/mol. The van der Waals surface area contributed by atoms with Crippen LogP contribution in [0.4, 0.5) is 0 Å². The second-order valence-electron chi connectivity index (χ2n) is 4.53. The van der Waals surface area contributed by atoms with Crippen molar-refractivity contribution in [2.24, 2.45) is 0 Å². The van der Waals surface area contributed by atoms with E-state index in [4.69, 9.17) is 34.8 Å². The minimum Gasteiger partial charge on any atom is -0.0837 e. The van der Waals surface area contributed by atoms with Gasteiger partial charge >= 0.3 is 0 Å². The molecule has 2 aromatic rings. The largest absolute Gasteiger partial charge is 0.190 e. The fourth-order valence-corrected chi connectivity index (χ4v) is 2.53. The molecule has 19 heavy (non-hydrogen) atoms. The molecule has 2 aromatic carbocycles. The van der Waals surface area contributed by atoms with Gasteiger partial charge in [-0.25, -0.2) is 0 Å². The first-order valence-corrected chi connectivity index (χ1v) is 7.36. The zero-order valence-electron chi connectivity index (χ0n) is 10.4. The average molecular weight is 314 g/mol. The molecule has 3 heteroatoms. The third-order valence-electron chi connectivity index (χ3n) is 3.12. The van der Waals surface area contributed by atoms with Gasteiger partial charge in [-0.15, -0.1) is 0 Å². The molecule has 0 aliphatic carbocycles. The van der Waals surface area contributed by atoms with Crippen LogP contribution in [0.25, 0.3) is 0 Å². The Balaban J connectivity index is 2.24. The predicted molar refractivity (Wildman–Crippen MR) is 84.3 cm³/mol. The van der Waals surface area contributed by atoms with E-state index in [1.165, 1.54) is 11.1 Å². The van der Waals surface area contributed by atoms with Gasteiger partial charge in [0.05, 0.1) is 0 Å². The van der Waals surface area contributed by atoms with Crippen molar-refractivity contribution in [3.63, 3.8) is 0 Å². The standard InChI is InChI=1S/C16H15Cl3/c17-16(18,19)12-11-15(13-7-3-1-4-8-13)14-9-5-2-6-10-14/h1-10,15H,11-12H2. The minimum absolute atomic E-state index is 0.262.